The standard InChI is InChI=1S/C14H19N/c1-4-11-15(12-5-2)14-10-8-7-9-13(14)6-3/h4-5,7-10H,1-2,6,11-12H2,3H3. The highest BCUT2D eigenvalue weighted by atomic mass is 15.1. The van der Waals surface area contributed by atoms with E-state index in [1.54, 1.807) is 0 Å². The number of benzene rings is 1. The van der Waals surface area contributed by atoms with Gasteiger partial charge >= 0.3 is 0 Å². The van der Waals surface area contributed by atoms with Gasteiger partial charge in [-0.3, -0.25) is 0 Å². The van der Waals surface area contributed by atoms with Gasteiger partial charge in [-0.2, -0.15) is 0 Å². The molecule has 1 aromatic rings. The van der Waals surface area contributed by atoms with E-state index >= 15 is 0 Å². The number of nitrogens with zero attached hydrogens (tertiary/aromatic N) is 1. The largest absolute Gasteiger partial charge is 0.364 e. The molecule has 15 heavy (non-hydrogen) atoms. The second-order valence-corrected chi connectivity index (χ2v) is 3.46. The molecule has 80 valence electrons. The Kier molecular flexibility index (Phi) is 4.69. The van der Waals surface area contributed by atoms with Gasteiger partial charge in [0.1, 0.15) is 0 Å². The zero-order valence-electron chi connectivity index (χ0n) is 9.45. The van der Waals surface area contributed by atoms with Crippen LogP contribution in [0, 0.1) is 0 Å². The van der Waals surface area contributed by atoms with E-state index in [-0.39, 0.29) is 0 Å². The molecule has 0 amide bonds. The molecule has 0 unspecified atom stereocenters. The van der Waals surface area contributed by atoms with Crippen molar-refractivity contribution in [2.75, 3.05) is 18.0 Å². The Morgan fingerprint density at radius 1 is 1.13 bits per heavy atom. The van der Waals surface area contributed by atoms with Gasteiger partial charge in [-0.15, -0.1) is 13.2 Å². The van der Waals surface area contributed by atoms with Crippen molar-refractivity contribution in [2.24, 2.45) is 0 Å². The molecule has 0 bridgehead atoms. The Bertz CT molecular complexity index is 318. The Balaban J connectivity index is 2.97. The fourth-order valence-electron chi connectivity index (χ4n) is 1.70. The summed E-state index contributed by atoms with van der Waals surface area (Å²) in [5.41, 5.74) is 2.67. The van der Waals surface area contributed by atoms with Gasteiger partial charge in [0.15, 0.2) is 0 Å². The lowest BCUT2D eigenvalue weighted by Crippen LogP contribution is -2.24. The Hall–Kier alpha value is -1.50. The van der Waals surface area contributed by atoms with Crippen molar-refractivity contribution in [3.8, 4) is 0 Å². The molecule has 1 heteroatoms. The monoisotopic (exact) mass is 201 g/mol. The van der Waals surface area contributed by atoms with Gasteiger partial charge in [-0.05, 0) is 18.1 Å². The molecule has 0 aromatic heterocycles. The van der Waals surface area contributed by atoms with Crippen LogP contribution in [0.5, 0.6) is 0 Å². The van der Waals surface area contributed by atoms with Gasteiger partial charge < -0.3 is 4.90 Å². The van der Waals surface area contributed by atoms with Crippen molar-refractivity contribution >= 4 is 5.69 Å². The van der Waals surface area contributed by atoms with Crippen LogP contribution in [0.4, 0.5) is 5.69 Å². The average Bonchev–Trinajstić information content (AvgIpc) is 2.29. The van der Waals surface area contributed by atoms with Gasteiger partial charge in [-0.1, -0.05) is 37.3 Å². The van der Waals surface area contributed by atoms with Crippen molar-refractivity contribution in [1.82, 2.24) is 0 Å². The van der Waals surface area contributed by atoms with Crippen molar-refractivity contribution < 1.29 is 0 Å². The first kappa shape index (κ1) is 11.6. The van der Waals surface area contributed by atoms with Crippen LogP contribution in [0.3, 0.4) is 0 Å². The third-order valence-electron chi connectivity index (χ3n) is 2.41. The molecule has 0 atom stereocenters. The maximum absolute atomic E-state index is 3.79. The third-order valence-corrected chi connectivity index (χ3v) is 2.41. The molecular weight excluding hydrogens is 182 g/mol. The van der Waals surface area contributed by atoms with E-state index in [0.29, 0.717) is 0 Å². The molecule has 0 radical (unpaired) electrons. The normalized spacial score (nSPS) is 9.67. The Labute approximate surface area is 92.7 Å². The van der Waals surface area contributed by atoms with Crippen molar-refractivity contribution in [3.63, 3.8) is 0 Å². The van der Waals surface area contributed by atoms with Crippen LogP contribution in [-0.2, 0) is 6.42 Å². The maximum atomic E-state index is 3.79. The van der Waals surface area contributed by atoms with Gasteiger partial charge in [0, 0.05) is 18.8 Å². The summed E-state index contributed by atoms with van der Waals surface area (Å²) in [7, 11) is 0. The van der Waals surface area contributed by atoms with E-state index in [0.717, 1.165) is 19.5 Å². The SMILES string of the molecule is C=CCN(CC=C)c1ccccc1CC. The first-order valence-corrected chi connectivity index (χ1v) is 5.38. The highest BCUT2D eigenvalue weighted by molar-refractivity contribution is 5.54. The first-order chi connectivity index (χ1) is 7.33. The molecular formula is C14H19N. The van der Waals surface area contributed by atoms with E-state index in [1.807, 2.05) is 12.2 Å². The number of anilines is 1. The molecule has 0 aliphatic carbocycles. The van der Waals surface area contributed by atoms with Crippen molar-refractivity contribution in [1.29, 1.82) is 0 Å². The Morgan fingerprint density at radius 3 is 2.27 bits per heavy atom. The number of aryl methyl sites for hydroxylation is 1. The minimum atomic E-state index is 0.864. The number of para-hydroxylation sites is 1. The molecule has 0 N–H and O–H groups in total. The van der Waals surface area contributed by atoms with E-state index in [2.05, 4.69) is 49.2 Å². The van der Waals surface area contributed by atoms with Crippen molar-refractivity contribution in [3.05, 3.63) is 55.1 Å². The van der Waals surface area contributed by atoms with Crippen LogP contribution >= 0.6 is 0 Å². The molecule has 0 fully saturated rings. The number of hydrogen-bond acceptors (Lipinski definition) is 1. The second-order valence-electron chi connectivity index (χ2n) is 3.46. The summed E-state index contributed by atoms with van der Waals surface area (Å²) in [5.74, 6) is 0. The van der Waals surface area contributed by atoms with Crippen LogP contribution < -0.4 is 4.90 Å². The van der Waals surface area contributed by atoms with E-state index < -0.39 is 0 Å². The predicted octanol–water partition coefficient (Wildman–Crippen LogP) is 3.43. The fourth-order valence-corrected chi connectivity index (χ4v) is 1.70. The van der Waals surface area contributed by atoms with Crippen LogP contribution in [0.1, 0.15) is 12.5 Å². The summed E-state index contributed by atoms with van der Waals surface area (Å²) < 4.78 is 0. The lowest BCUT2D eigenvalue weighted by Gasteiger charge is -2.24. The van der Waals surface area contributed by atoms with Crippen LogP contribution in [0.15, 0.2) is 49.6 Å². The zero-order valence-corrected chi connectivity index (χ0v) is 9.45. The quantitative estimate of drug-likeness (QED) is 0.637. The van der Waals surface area contributed by atoms with Gasteiger partial charge in [0.25, 0.3) is 0 Å². The molecule has 0 aliphatic heterocycles. The molecule has 1 rings (SSSR count). The van der Waals surface area contributed by atoms with Gasteiger partial charge in [0.2, 0.25) is 0 Å². The topological polar surface area (TPSA) is 3.24 Å². The van der Waals surface area contributed by atoms with Crippen LogP contribution in [0.25, 0.3) is 0 Å². The Morgan fingerprint density at radius 2 is 1.73 bits per heavy atom. The van der Waals surface area contributed by atoms with Crippen LogP contribution in [0.2, 0.25) is 0 Å². The molecule has 0 aliphatic rings. The molecule has 0 saturated carbocycles. The maximum Gasteiger partial charge on any atom is 0.0404 e. The van der Waals surface area contributed by atoms with E-state index in [4.69, 9.17) is 0 Å². The molecule has 0 saturated heterocycles. The molecule has 1 aromatic carbocycles. The summed E-state index contributed by atoms with van der Waals surface area (Å²) in [4.78, 5) is 2.28. The molecule has 1 nitrogen and oxygen atoms in total. The fraction of sp³-hybridized carbons (Fsp3) is 0.286. The minimum Gasteiger partial charge on any atom is -0.364 e. The molecule has 0 heterocycles. The lowest BCUT2D eigenvalue weighted by molar-refractivity contribution is 0.937. The predicted molar refractivity (Wildman–Crippen MR) is 68.4 cm³/mol. The number of hydrogen-bond donors (Lipinski definition) is 0. The zero-order chi connectivity index (χ0) is 11.1. The lowest BCUT2D eigenvalue weighted by atomic mass is 10.1. The average molecular weight is 201 g/mol. The smallest absolute Gasteiger partial charge is 0.0404 e. The summed E-state index contributed by atoms with van der Waals surface area (Å²) in [6, 6.07) is 8.50. The van der Waals surface area contributed by atoms with Gasteiger partial charge in [-0.25, -0.2) is 0 Å². The summed E-state index contributed by atoms with van der Waals surface area (Å²) in [6.45, 7) is 11.5. The molecule has 0 spiro atoms. The first-order valence-electron chi connectivity index (χ1n) is 5.38. The summed E-state index contributed by atoms with van der Waals surface area (Å²) in [5, 5.41) is 0. The summed E-state index contributed by atoms with van der Waals surface area (Å²) in [6.07, 6.45) is 4.91. The summed E-state index contributed by atoms with van der Waals surface area (Å²) >= 11 is 0. The number of rotatable bonds is 6. The van der Waals surface area contributed by atoms with Gasteiger partial charge in [0.05, 0.1) is 0 Å². The highest BCUT2D eigenvalue weighted by Crippen LogP contribution is 2.20. The van der Waals surface area contributed by atoms with Crippen molar-refractivity contribution in [2.45, 2.75) is 13.3 Å². The second kappa shape index (κ2) is 6.07. The minimum absolute atomic E-state index is 0.864. The van der Waals surface area contributed by atoms with Crippen LogP contribution in [-0.4, -0.2) is 13.1 Å². The highest BCUT2D eigenvalue weighted by Gasteiger charge is 2.06. The third kappa shape index (κ3) is 2.98. The van der Waals surface area contributed by atoms with E-state index in [9.17, 15) is 0 Å². The van der Waals surface area contributed by atoms with E-state index in [1.165, 1.54) is 11.3 Å².